The first-order chi connectivity index (χ1) is 10.2. The number of hydrogen-bond acceptors (Lipinski definition) is 6. The molecule has 8 heteroatoms. The van der Waals surface area contributed by atoms with E-state index in [4.69, 9.17) is 0 Å². The molecule has 0 atom stereocenters. The molecule has 0 spiro atoms. The highest BCUT2D eigenvalue weighted by Gasteiger charge is 2.09. The predicted octanol–water partition coefficient (Wildman–Crippen LogP) is 0.999. The van der Waals surface area contributed by atoms with Crippen molar-refractivity contribution in [3.63, 3.8) is 0 Å². The van der Waals surface area contributed by atoms with Crippen molar-refractivity contribution in [1.29, 1.82) is 0 Å². The van der Waals surface area contributed by atoms with Gasteiger partial charge in [-0.15, -0.1) is 0 Å². The Kier molecular flexibility index (Phi) is 3.43. The maximum Gasteiger partial charge on any atom is 0.220 e. The third-order valence-corrected chi connectivity index (χ3v) is 3.43. The third kappa shape index (κ3) is 2.51. The van der Waals surface area contributed by atoms with Gasteiger partial charge < -0.3 is 10.6 Å². The van der Waals surface area contributed by atoms with Crippen LogP contribution >= 0.6 is 0 Å². The van der Waals surface area contributed by atoms with Crippen LogP contribution in [0.25, 0.3) is 5.65 Å². The highest BCUT2D eigenvalue weighted by Crippen LogP contribution is 2.18. The lowest BCUT2D eigenvalue weighted by Gasteiger charge is -2.13. The van der Waals surface area contributed by atoms with Gasteiger partial charge in [0.2, 0.25) is 5.95 Å². The van der Waals surface area contributed by atoms with Crippen molar-refractivity contribution in [3.05, 3.63) is 29.8 Å². The summed E-state index contributed by atoms with van der Waals surface area (Å²) in [6.07, 6.45) is 3.28. The predicted molar refractivity (Wildman–Crippen MR) is 80.4 cm³/mol. The maximum absolute atomic E-state index is 4.50. The van der Waals surface area contributed by atoms with Crippen molar-refractivity contribution < 1.29 is 0 Å². The molecule has 0 bridgehead atoms. The Morgan fingerprint density at radius 3 is 2.71 bits per heavy atom. The normalized spacial score (nSPS) is 11.0. The van der Waals surface area contributed by atoms with Crippen LogP contribution in [-0.4, -0.2) is 42.5 Å². The van der Waals surface area contributed by atoms with Crippen molar-refractivity contribution in [2.24, 2.45) is 7.05 Å². The molecule has 2 N–H and O–H groups in total. The van der Waals surface area contributed by atoms with Crippen LogP contribution in [0, 0.1) is 13.8 Å². The van der Waals surface area contributed by atoms with Crippen LogP contribution in [0.5, 0.6) is 0 Å². The first-order valence-corrected chi connectivity index (χ1v) is 6.79. The number of nitrogens with zero attached hydrogens (tertiary/aromatic N) is 6. The molecule has 0 radical (unpaired) electrons. The van der Waals surface area contributed by atoms with Crippen molar-refractivity contribution >= 4 is 17.4 Å². The molecule has 0 fully saturated rings. The summed E-state index contributed by atoms with van der Waals surface area (Å²) in [5.41, 5.74) is 2.96. The van der Waals surface area contributed by atoms with Gasteiger partial charge in [-0.1, -0.05) is 0 Å². The van der Waals surface area contributed by atoms with E-state index in [0.717, 1.165) is 41.8 Å². The zero-order valence-corrected chi connectivity index (χ0v) is 12.3. The van der Waals surface area contributed by atoms with Crippen LogP contribution in [0.3, 0.4) is 0 Å². The first kappa shape index (κ1) is 13.3. The minimum absolute atomic E-state index is 0.732. The summed E-state index contributed by atoms with van der Waals surface area (Å²) in [6.45, 7) is 5.52. The van der Waals surface area contributed by atoms with E-state index in [2.05, 4.69) is 30.8 Å². The fourth-order valence-corrected chi connectivity index (χ4v) is 2.16. The average molecular weight is 286 g/mol. The Labute approximate surface area is 122 Å². The highest BCUT2D eigenvalue weighted by molar-refractivity contribution is 5.54. The fraction of sp³-hybridized carbons (Fsp3) is 0.385. The van der Waals surface area contributed by atoms with Gasteiger partial charge in [0.15, 0.2) is 5.65 Å². The SMILES string of the molecule is Cc1nc2ccnn2c(NCCNc2ncnn2C)c1C. The van der Waals surface area contributed by atoms with Crippen LogP contribution in [-0.2, 0) is 7.05 Å². The number of rotatable bonds is 5. The summed E-state index contributed by atoms with van der Waals surface area (Å²) in [5, 5.41) is 14.9. The Bertz CT molecular complexity index is 757. The van der Waals surface area contributed by atoms with Gasteiger partial charge in [-0.05, 0) is 13.8 Å². The van der Waals surface area contributed by atoms with Gasteiger partial charge in [-0.3, -0.25) is 0 Å². The molecule has 110 valence electrons. The molecule has 21 heavy (non-hydrogen) atoms. The van der Waals surface area contributed by atoms with Crippen molar-refractivity contribution in [1.82, 2.24) is 29.4 Å². The molecule has 3 heterocycles. The van der Waals surface area contributed by atoms with Gasteiger partial charge in [-0.2, -0.15) is 19.7 Å². The highest BCUT2D eigenvalue weighted by atomic mass is 15.4. The van der Waals surface area contributed by atoms with E-state index in [1.54, 1.807) is 10.9 Å². The molecule has 0 saturated carbocycles. The van der Waals surface area contributed by atoms with Crippen LogP contribution in [0.2, 0.25) is 0 Å². The topological polar surface area (TPSA) is 85.0 Å². The van der Waals surface area contributed by atoms with E-state index in [1.807, 2.05) is 31.5 Å². The molecule has 3 rings (SSSR count). The van der Waals surface area contributed by atoms with Gasteiger partial charge in [0.25, 0.3) is 0 Å². The lowest BCUT2D eigenvalue weighted by Crippen LogP contribution is -2.18. The molecule has 8 nitrogen and oxygen atoms in total. The molecule has 0 aliphatic heterocycles. The van der Waals surface area contributed by atoms with Gasteiger partial charge >= 0.3 is 0 Å². The van der Waals surface area contributed by atoms with Crippen LogP contribution in [0.15, 0.2) is 18.6 Å². The lowest BCUT2D eigenvalue weighted by atomic mass is 10.2. The number of fused-ring (bicyclic) bond motifs is 1. The molecule has 0 aliphatic rings. The second kappa shape index (κ2) is 5.39. The van der Waals surface area contributed by atoms with E-state index >= 15 is 0 Å². The number of anilines is 2. The van der Waals surface area contributed by atoms with E-state index in [1.165, 1.54) is 6.33 Å². The molecule has 0 aromatic carbocycles. The average Bonchev–Trinajstić information content (AvgIpc) is 3.07. The summed E-state index contributed by atoms with van der Waals surface area (Å²) in [4.78, 5) is 8.62. The monoisotopic (exact) mass is 286 g/mol. The standard InChI is InChI=1S/C13H18N8/c1-9-10(2)19-11-4-5-17-21(11)12(9)14-6-7-15-13-16-8-18-20(13)3/h4-5,8,14H,6-7H2,1-3H3,(H,15,16,18). The summed E-state index contributed by atoms with van der Waals surface area (Å²) in [5.74, 6) is 1.73. The maximum atomic E-state index is 4.50. The van der Waals surface area contributed by atoms with E-state index in [0.29, 0.717) is 0 Å². The van der Waals surface area contributed by atoms with Crippen LogP contribution in [0.4, 0.5) is 11.8 Å². The zero-order chi connectivity index (χ0) is 14.8. The van der Waals surface area contributed by atoms with E-state index in [9.17, 15) is 0 Å². The third-order valence-electron chi connectivity index (χ3n) is 3.43. The molecular weight excluding hydrogens is 268 g/mol. The molecule has 0 unspecified atom stereocenters. The number of nitrogens with one attached hydrogen (secondary N) is 2. The Balaban J connectivity index is 1.69. The van der Waals surface area contributed by atoms with Gasteiger partial charge in [-0.25, -0.2) is 9.67 Å². The molecule has 0 amide bonds. The quantitative estimate of drug-likeness (QED) is 0.681. The molecule has 0 aliphatic carbocycles. The van der Waals surface area contributed by atoms with Gasteiger partial charge in [0.1, 0.15) is 12.1 Å². The van der Waals surface area contributed by atoms with E-state index < -0.39 is 0 Å². The number of aryl methyl sites for hydroxylation is 2. The zero-order valence-electron chi connectivity index (χ0n) is 12.3. The van der Waals surface area contributed by atoms with Crippen molar-refractivity contribution in [2.75, 3.05) is 23.7 Å². The fourth-order valence-electron chi connectivity index (χ4n) is 2.16. The smallest absolute Gasteiger partial charge is 0.220 e. The second-order valence-electron chi connectivity index (χ2n) is 4.83. The molecule has 0 saturated heterocycles. The largest absolute Gasteiger partial charge is 0.368 e. The van der Waals surface area contributed by atoms with Crippen LogP contribution in [0.1, 0.15) is 11.3 Å². The van der Waals surface area contributed by atoms with Gasteiger partial charge in [0, 0.05) is 37.5 Å². The summed E-state index contributed by atoms with van der Waals surface area (Å²) in [6, 6.07) is 1.90. The minimum atomic E-state index is 0.732. The van der Waals surface area contributed by atoms with Gasteiger partial charge in [0.05, 0.1) is 6.20 Å². The van der Waals surface area contributed by atoms with Crippen molar-refractivity contribution in [2.45, 2.75) is 13.8 Å². The molecular formula is C13H18N8. The Morgan fingerprint density at radius 2 is 1.95 bits per heavy atom. The number of aromatic nitrogens is 6. The van der Waals surface area contributed by atoms with Crippen LogP contribution < -0.4 is 10.6 Å². The number of hydrogen-bond donors (Lipinski definition) is 2. The molecule has 3 aromatic heterocycles. The summed E-state index contributed by atoms with van der Waals surface area (Å²) in [7, 11) is 1.85. The Hall–Kier alpha value is -2.64. The second-order valence-corrected chi connectivity index (χ2v) is 4.83. The lowest BCUT2D eigenvalue weighted by molar-refractivity contribution is 0.767. The summed E-state index contributed by atoms with van der Waals surface area (Å²) < 4.78 is 3.53. The summed E-state index contributed by atoms with van der Waals surface area (Å²) >= 11 is 0. The van der Waals surface area contributed by atoms with Crippen molar-refractivity contribution in [3.8, 4) is 0 Å². The Morgan fingerprint density at radius 1 is 1.14 bits per heavy atom. The minimum Gasteiger partial charge on any atom is -0.368 e. The molecule has 3 aromatic rings. The van der Waals surface area contributed by atoms with E-state index in [-0.39, 0.29) is 0 Å². The first-order valence-electron chi connectivity index (χ1n) is 6.79.